The number of hydrogen-bond acceptors (Lipinski definition) is 4. The van der Waals surface area contributed by atoms with Crippen LogP contribution >= 0.6 is 0 Å². The van der Waals surface area contributed by atoms with Crippen LogP contribution in [0.5, 0.6) is 11.5 Å². The Bertz CT molecular complexity index is 936. The maximum Gasteiger partial charge on any atom is 0.239 e. The molecule has 1 heterocycles. The van der Waals surface area contributed by atoms with E-state index in [4.69, 9.17) is 9.47 Å². The fourth-order valence-electron chi connectivity index (χ4n) is 3.54. The number of rotatable bonds is 5. The van der Waals surface area contributed by atoms with Gasteiger partial charge in [-0.05, 0) is 62.1 Å². The van der Waals surface area contributed by atoms with Crippen LogP contribution in [0, 0.1) is 12.3 Å². The molecule has 6 nitrogen and oxygen atoms in total. The number of anilines is 1. The molecule has 1 aliphatic rings. The van der Waals surface area contributed by atoms with E-state index >= 15 is 0 Å². The largest absolute Gasteiger partial charge is 0.493 e. The first kappa shape index (κ1) is 20.7. The first-order chi connectivity index (χ1) is 13.8. The number of hydrogen-bond donors (Lipinski definition) is 1. The van der Waals surface area contributed by atoms with Gasteiger partial charge in [-0.2, -0.15) is 0 Å². The number of carbonyl (C=O) groups excluding carboxylic acids is 2. The predicted octanol–water partition coefficient (Wildman–Crippen LogP) is 3.56. The van der Waals surface area contributed by atoms with Gasteiger partial charge in [0, 0.05) is 18.8 Å². The normalized spacial score (nSPS) is 13.5. The maximum atomic E-state index is 13.2. The smallest absolute Gasteiger partial charge is 0.239 e. The number of fused-ring (bicyclic) bond motifs is 1. The zero-order chi connectivity index (χ0) is 21.2. The van der Waals surface area contributed by atoms with Crippen LogP contribution in [0.4, 0.5) is 5.69 Å². The van der Waals surface area contributed by atoms with Crippen molar-refractivity contribution in [3.05, 3.63) is 53.1 Å². The molecule has 29 heavy (non-hydrogen) atoms. The molecule has 2 aromatic rings. The van der Waals surface area contributed by atoms with Gasteiger partial charge in [0.05, 0.1) is 14.2 Å². The van der Waals surface area contributed by atoms with Gasteiger partial charge in [-0.15, -0.1) is 0 Å². The minimum absolute atomic E-state index is 0.191. The number of nitrogens with one attached hydrogen (secondary N) is 1. The summed E-state index contributed by atoms with van der Waals surface area (Å²) in [5, 5.41) is 2.90. The van der Waals surface area contributed by atoms with Gasteiger partial charge in [0.1, 0.15) is 5.41 Å². The third-order valence-electron chi connectivity index (χ3n) is 5.50. The highest BCUT2D eigenvalue weighted by Crippen LogP contribution is 2.34. The summed E-state index contributed by atoms with van der Waals surface area (Å²) in [6, 6.07) is 11.4. The molecule has 1 aliphatic heterocycles. The Kier molecular flexibility index (Phi) is 5.82. The van der Waals surface area contributed by atoms with Crippen LogP contribution in [0.25, 0.3) is 0 Å². The van der Waals surface area contributed by atoms with E-state index in [1.54, 1.807) is 33.0 Å². The van der Waals surface area contributed by atoms with Crippen LogP contribution in [0.3, 0.4) is 0 Å². The van der Waals surface area contributed by atoms with E-state index in [0.29, 0.717) is 31.0 Å². The molecular weight excluding hydrogens is 368 g/mol. The van der Waals surface area contributed by atoms with Gasteiger partial charge in [0.2, 0.25) is 11.8 Å². The van der Waals surface area contributed by atoms with E-state index in [0.717, 1.165) is 22.4 Å². The van der Waals surface area contributed by atoms with Crippen molar-refractivity contribution in [2.24, 2.45) is 5.41 Å². The summed E-state index contributed by atoms with van der Waals surface area (Å²) in [6.45, 7) is 6.27. The number of nitrogens with zero attached hydrogens (tertiary/aromatic N) is 1. The van der Waals surface area contributed by atoms with Crippen LogP contribution in [0.1, 0.15) is 30.5 Å². The molecule has 0 aromatic heterocycles. The van der Waals surface area contributed by atoms with E-state index in [2.05, 4.69) is 5.32 Å². The second-order valence-electron chi connectivity index (χ2n) is 7.85. The Morgan fingerprint density at radius 1 is 1.03 bits per heavy atom. The van der Waals surface area contributed by atoms with E-state index < -0.39 is 5.41 Å². The van der Waals surface area contributed by atoms with Gasteiger partial charge in [-0.1, -0.05) is 18.2 Å². The number of ether oxygens (including phenoxy) is 2. The van der Waals surface area contributed by atoms with E-state index in [1.165, 1.54) is 0 Å². The van der Waals surface area contributed by atoms with Crippen molar-refractivity contribution in [1.82, 2.24) is 4.90 Å². The fourth-order valence-corrected chi connectivity index (χ4v) is 3.54. The van der Waals surface area contributed by atoms with Crippen molar-refractivity contribution in [2.45, 2.75) is 33.7 Å². The lowest BCUT2D eigenvalue weighted by Crippen LogP contribution is -2.48. The molecule has 0 unspecified atom stereocenters. The molecular formula is C23H28N2O4. The minimum atomic E-state index is -1.18. The van der Waals surface area contributed by atoms with Crippen molar-refractivity contribution in [1.29, 1.82) is 0 Å². The molecule has 0 atom stereocenters. The van der Waals surface area contributed by atoms with Gasteiger partial charge in [0.15, 0.2) is 11.5 Å². The highest BCUT2D eigenvalue weighted by atomic mass is 16.5. The Balaban J connectivity index is 1.78. The molecule has 3 rings (SSSR count). The maximum absolute atomic E-state index is 13.2. The zero-order valence-corrected chi connectivity index (χ0v) is 17.7. The summed E-state index contributed by atoms with van der Waals surface area (Å²) in [4.78, 5) is 27.9. The van der Waals surface area contributed by atoms with Crippen molar-refractivity contribution in [3.63, 3.8) is 0 Å². The lowest BCUT2D eigenvalue weighted by atomic mass is 9.88. The third-order valence-corrected chi connectivity index (χ3v) is 5.50. The van der Waals surface area contributed by atoms with Crippen molar-refractivity contribution in [3.8, 4) is 11.5 Å². The Hall–Kier alpha value is -3.02. The molecule has 0 spiro atoms. The van der Waals surface area contributed by atoms with Gasteiger partial charge in [-0.25, -0.2) is 0 Å². The average molecular weight is 396 g/mol. The SMILES string of the molecule is COc1cc2c(cc1OC)CN(C(=O)C(C)(C)C(=O)Nc1ccccc1C)CC2. The average Bonchev–Trinajstić information content (AvgIpc) is 2.73. The quantitative estimate of drug-likeness (QED) is 0.785. The molecule has 0 radical (unpaired) electrons. The Morgan fingerprint density at radius 2 is 1.66 bits per heavy atom. The summed E-state index contributed by atoms with van der Waals surface area (Å²) in [7, 11) is 3.20. The summed E-state index contributed by atoms with van der Waals surface area (Å²) < 4.78 is 10.8. The van der Waals surface area contributed by atoms with Crippen LogP contribution in [0.2, 0.25) is 0 Å². The van der Waals surface area contributed by atoms with Crippen LogP contribution in [-0.2, 0) is 22.6 Å². The lowest BCUT2D eigenvalue weighted by Gasteiger charge is -2.35. The Morgan fingerprint density at radius 3 is 2.28 bits per heavy atom. The molecule has 0 bridgehead atoms. The number of carbonyl (C=O) groups is 2. The third kappa shape index (κ3) is 4.06. The van der Waals surface area contributed by atoms with Gasteiger partial charge in [-0.3, -0.25) is 9.59 Å². The summed E-state index contributed by atoms with van der Waals surface area (Å²) >= 11 is 0. The number of amides is 2. The fraction of sp³-hybridized carbons (Fsp3) is 0.391. The van der Waals surface area contributed by atoms with Gasteiger partial charge in [0.25, 0.3) is 0 Å². The first-order valence-electron chi connectivity index (χ1n) is 9.68. The topological polar surface area (TPSA) is 67.9 Å². The van der Waals surface area contributed by atoms with Gasteiger partial charge < -0.3 is 19.7 Å². The lowest BCUT2D eigenvalue weighted by molar-refractivity contribution is -0.147. The second-order valence-corrected chi connectivity index (χ2v) is 7.85. The van der Waals surface area contributed by atoms with Crippen molar-refractivity contribution < 1.29 is 19.1 Å². The predicted molar refractivity (Wildman–Crippen MR) is 112 cm³/mol. The highest BCUT2D eigenvalue weighted by Gasteiger charge is 2.40. The molecule has 1 N–H and O–H groups in total. The molecule has 0 saturated carbocycles. The molecule has 2 amide bonds. The molecule has 0 aliphatic carbocycles. The first-order valence-corrected chi connectivity index (χ1v) is 9.68. The van der Waals surface area contributed by atoms with Crippen LogP contribution in [0.15, 0.2) is 36.4 Å². The molecule has 0 fully saturated rings. The van der Waals surface area contributed by atoms with Crippen molar-refractivity contribution >= 4 is 17.5 Å². The van der Waals surface area contributed by atoms with E-state index in [9.17, 15) is 9.59 Å². The monoisotopic (exact) mass is 396 g/mol. The number of para-hydroxylation sites is 1. The molecule has 0 saturated heterocycles. The zero-order valence-electron chi connectivity index (χ0n) is 17.7. The summed E-state index contributed by atoms with van der Waals surface area (Å²) in [6.07, 6.45) is 0.705. The van der Waals surface area contributed by atoms with Gasteiger partial charge >= 0.3 is 0 Å². The number of aryl methyl sites for hydroxylation is 1. The molecule has 2 aromatic carbocycles. The van der Waals surface area contributed by atoms with E-state index in [-0.39, 0.29) is 11.8 Å². The Labute approximate surface area is 171 Å². The number of benzene rings is 2. The summed E-state index contributed by atoms with van der Waals surface area (Å²) in [5.41, 5.74) is 2.64. The highest BCUT2D eigenvalue weighted by molar-refractivity contribution is 6.10. The van der Waals surface area contributed by atoms with Crippen LogP contribution in [-0.4, -0.2) is 37.5 Å². The van der Waals surface area contributed by atoms with Crippen molar-refractivity contribution in [2.75, 3.05) is 26.1 Å². The molecule has 6 heteroatoms. The standard InChI is InChI=1S/C23H28N2O4/c1-15-8-6-7-9-18(15)24-21(26)23(2,3)22(27)25-11-10-16-12-19(28-4)20(29-5)13-17(16)14-25/h6-9,12-13H,10-11,14H2,1-5H3,(H,24,26). The van der Waals surface area contributed by atoms with E-state index in [1.807, 2.05) is 43.3 Å². The number of methoxy groups -OCH3 is 2. The van der Waals surface area contributed by atoms with Crippen LogP contribution < -0.4 is 14.8 Å². The minimum Gasteiger partial charge on any atom is -0.493 e. The second kappa shape index (κ2) is 8.15. The summed E-state index contributed by atoms with van der Waals surface area (Å²) in [5.74, 6) is 0.819. The molecule has 154 valence electrons.